The first-order valence-electron chi connectivity index (χ1n) is 7.57. The standard InChI is InChI=1S/C15H23N3O2S.ClH/c1-18(10-11-5-6-11)21(19,20)17-15-4-2-3-12-9-13(16)7-8-14(12)15;/h7-9,11,15,17H,2-6,10,16H2,1H3;1H. The molecule has 7 heteroatoms. The summed E-state index contributed by atoms with van der Waals surface area (Å²) < 4.78 is 29.2. The minimum absolute atomic E-state index is 0. The number of rotatable bonds is 5. The van der Waals surface area contributed by atoms with E-state index in [2.05, 4.69) is 4.72 Å². The van der Waals surface area contributed by atoms with Crippen molar-refractivity contribution in [1.29, 1.82) is 0 Å². The van der Waals surface area contributed by atoms with Gasteiger partial charge in [-0.3, -0.25) is 0 Å². The van der Waals surface area contributed by atoms with Gasteiger partial charge in [0.15, 0.2) is 0 Å². The van der Waals surface area contributed by atoms with Crippen LogP contribution in [-0.4, -0.2) is 26.3 Å². The van der Waals surface area contributed by atoms with Crippen molar-refractivity contribution in [2.75, 3.05) is 19.3 Å². The fourth-order valence-electron chi connectivity index (χ4n) is 2.99. The molecule has 0 spiro atoms. The molecule has 0 bridgehead atoms. The zero-order chi connectivity index (χ0) is 15.0. The van der Waals surface area contributed by atoms with Crippen molar-refractivity contribution in [2.45, 2.75) is 38.1 Å². The number of nitrogens with zero attached hydrogens (tertiary/aromatic N) is 1. The van der Waals surface area contributed by atoms with Crippen molar-refractivity contribution in [3.63, 3.8) is 0 Å². The summed E-state index contributed by atoms with van der Waals surface area (Å²) in [6.45, 7) is 0.622. The molecule has 0 amide bonds. The first kappa shape index (κ1) is 17.5. The summed E-state index contributed by atoms with van der Waals surface area (Å²) in [5, 5.41) is 0. The van der Waals surface area contributed by atoms with Crippen LogP contribution < -0.4 is 10.5 Å². The van der Waals surface area contributed by atoms with Crippen LogP contribution in [0.2, 0.25) is 0 Å². The number of benzene rings is 1. The predicted octanol–water partition coefficient (Wildman–Crippen LogP) is 2.24. The summed E-state index contributed by atoms with van der Waals surface area (Å²) >= 11 is 0. The van der Waals surface area contributed by atoms with Gasteiger partial charge in [0.2, 0.25) is 0 Å². The molecule has 1 aromatic rings. The molecule has 2 aliphatic carbocycles. The van der Waals surface area contributed by atoms with Gasteiger partial charge in [-0.1, -0.05) is 6.07 Å². The van der Waals surface area contributed by atoms with Crippen LogP contribution in [-0.2, 0) is 16.6 Å². The lowest BCUT2D eigenvalue weighted by Crippen LogP contribution is -2.41. The van der Waals surface area contributed by atoms with E-state index < -0.39 is 10.2 Å². The van der Waals surface area contributed by atoms with Gasteiger partial charge >= 0.3 is 0 Å². The second kappa shape index (κ2) is 6.74. The molecule has 0 heterocycles. The average Bonchev–Trinajstić information content (AvgIpc) is 3.22. The Balaban J connectivity index is 0.00000176. The number of nitrogens with one attached hydrogen (secondary N) is 1. The average molecular weight is 346 g/mol. The van der Waals surface area contributed by atoms with Crippen LogP contribution in [0.4, 0.5) is 5.69 Å². The van der Waals surface area contributed by atoms with Gasteiger partial charge in [0.25, 0.3) is 10.2 Å². The van der Waals surface area contributed by atoms with Crippen molar-refractivity contribution < 1.29 is 8.42 Å². The number of nitrogen functional groups attached to an aromatic ring is 1. The highest BCUT2D eigenvalue weighted by Gasteiger charge is 2.31. The van der Waals surface area contributed by atoms with Gasteiger partial charge in [0.1, 0.15) is 0 Å². The molecular weight excluding hydrogens is 322 g/mol. The van der Waals surface area contributed by atoms with E-state index in [0.717, 1.165) is 43.4 Å². The lowest BCUT2D eigenvalue weighted by molar-refractivity contribution is 0.424. The molecule has 0 radical (unpaired) electrons. The third kappa shape index (κ3) is 3.93. The summed E-state index contributed by atoms with van der Waals surface area (Å²) in [7, 11) is -1.76. The van der Waals surface area contributed by atoms with Gasteiger partial charge in [-0.25, -0.2) is 0 Å². The van der Waals surface area contributed by atoms with E-state index in [9.17, 15) is 8.42 Å². The molecule has 3 rings (SSSR count). The Bertz CT molecular complexity index is 632. The van der Waals surface area contributed by atoms with Gasteiger partial charge in [-0.05, 0) is 61.3 Å². The minimum Gasteiger partial charge on any atom is -0.399 e. The summed E-state index contributed by atoms with van der Waals surface area (Å²) in [4.78, 5) is 0. The number of anilines is 1. The number of hydrogen-bond acceptors (Lipinski definition) is 3. The molecule has 1 saturated carbocycles. The Hall–Kier alpha value is -0.820. The fourth-order valence-corrected chi connectivity index (χ4v) is 4.18. The van der Waals surface area contributed by atoms with Crippen LogP contribution in [0.5, 0.6) is 0 Å². The van der Waals surface area contributed by atoms with Gasteiger partial charge in [0, 0.05) is 25.3 Å². The van der Waals surface area contributed by atoms with Crippen molar-refractivity contribution in [2.24, 2.45) is 5.92 Å². The normalized spacial score (nSPS) is 21.3. The van der Waals surface area contributed by atoms with E-state index in [1.807, 2.05) is 18.2 Å². The van der Waals surface area contributed by atoms with E-state index in [1.54, 1.807) is 7.05 Å². The Labute approximate surface area is 138 Å². The second-order valence-corrected chi connectivity index (χ2v) is 8.06. The molecule has 2 aliphatic rings. The molecule has 0 saturated heterocycles. The monoisotopic (exact) mass is 345 g/mol. The number of hydrogen-bond donors (Lipinski definition) is 2. The number of fused-ring (bicyclic) bond motifs is 1. The van der Waals surface area contributed by atoms with Gasteiger partial charge in [0.05, 0.1) is 0 Å². The maximum Gasteiger partial charge on any atom is 0.279 e. The summed E-state index contributed by atoms with van der Waals surface area (Å²) in [6, 6.07) is 5.63. The third-order valence-corrected chi connectivity index (χ3v) is 5.95. The van der Waals surface area contributed by atoms with Crippen LogP contribution in [0.1, 0.15) is 42.9 Å². The van der Waals surface area contributed by atoms with E-state index in [-0.39, 0.29) is 18.4 Å². The van der Waals surface area contributed by atoms with Crippen molar-refractivity contribution >= 4 is 28.3 Å². The van der Waals surface area contributed by atoms with Crippen molar-refractivity contribution in [3.05, 3.63) is 29.3 Å². The molecule has 0 aliphatic heterocycles. The molecule has 1 aromatic carbocycles. The van der Waals surface area contributed by atoms with E-state index in [0.29, 0.717) is 12.5 Å². The maximum atomic E-state index is 12.4. The number of aryl methyl sites for hydroxylation is 1. The lowest BCUT2D eigenvalue weighted by atomic mass is 9.88. The molecule has 5 nitrogen and oxygen atoms in total. The van der Waals surface area contributed by atoms with Gasteiger partial charge in [-0.15, -0.1) is 12.4 Å². The Kier molecular flexibility index (Phi) is 5.37. The molecule has 0 aromatic heterocycles. The first-order valence-corrected chi connectivity index (χ1v) is 9.01. The van der Waals surface area contributed by atoms with Crippen molar-refractivity contribution in [3.8, 4) is 0 Å². The molecule has 124 valence electrons. The summed E-state index contributed by atoms with van der Waals surface area (Å²) in [5.74, 6) is 0.546. The zero-order valence-corrected chi connectivity index (χ0v) is 14.4. The highest BCUT2D eigenvalue weighted by Crippen LogP contribution is 2.33. The predicted molar refractivity (Wildman–Crippen MR) is 91.2 cm³/mol. The molecule has 1 fully saturated rings. The first-order chi connectivity index (χ1) is 9.95. The minimum atomic E-state index is -3.42. The molecular formula is C15H24ClN3O2S. The SMILES string of the molecule is CN(CC1CC1)S(=O)(=O)NC1CCCc2cc(N)ccc21.Cl. The van der Waals surface area contributed by atoms with E-state index in [4.69, 9.17) is 5.73 Å². The highest BCUT2D eigenvalue weighted by atomic mass is 35.5. The van der Waals surface area contributed by atoms with Crippen LogP contribution in [0, 0.1) is 5.92 Å². The largest absolute Gasteiger partial charge is 0.399 e. The van der Waals surface area contributed by atoms with Crippen LogP contribution in [0.15, 0.2) is 18.2 Å². The molecule has 1 atom stereocenters. The Morgan fingerprint density at radius 2 is 2.05 bits per heavy atom. The molecule has 3 N–H and O–H groups in total. The third-order valence-electron chi connectivity index (χ3n) is 4.40. The highest BCUT2D eigenvalue weighted by molar-refractivity contribution is 7.87. The van der Waals surface area contributed by atoms with Crippen molar-refractivity contribution in [1.82, 2.24) is 9.03 Å². The van der Waals surface area contributed by atoms with Gasteiger partial charge in [-0.2, -0.15) is 17.4 Å². The Morgan fingerprint density at radius 1 is 1.32 bits per heavy atom. The van der Waals surface area contributed by atoms with E-state index >= 15 is 0 Å². The lowest BCUT2D eigenvalue weighted by Gasteiger charge is -2.28. The van der Waals surface area contributed by atoms with E-state index in [1.165, 1.54) is 9.87 Å². The smallest absolute Gasteiger partial charge is 0.279 e. The number of halogens is 1. The molecule has 1 unspecified atom stereocenters. The Morgan fingerprint density at radius 3 is 2.73 bits per heavy atom. The topological polar surface area (TPSA) is 75.4 Å². The zero-order valence-electron chi connectivity index (χ0n) is 12.8. The number of nitrogens with two attached hydrogens (primary N) is 1. The second-order valence-electron chi connectivity index (χ2n) is 6.25. The molecule has 22 heavy (non-hydrogen) atoms. The van der Waals surface area contributed by atoms with Gasteiger partial charge < -0.3 is 5.73 Å². The summed E-state index contributed by atoms with van der Waals surface area (Å²) in [6.07, 6.45) is 5.08. The quantitative estimate of drug-likeness (QED) is 0.803. The fraction of sp³-hybridized carbons (Fsp3) is 0.600. The summed E-state index contributed by atoms with van der Waals surface area (Å²) in [5.41, 5.74) is 8.79. The maximum absolute atomic E-state index is 12.4. The van der Waals surface area contributed by atoms with Crippen LogP contribution in [0.25, 0.3) is 0 Å². The van der Waals surface area contributed by atoms with Crippen LogP contribution in [0.3, 0.4) is 0 Å². The van der Waals surface area contributed by atoms with Crippen LogP contribution >= 0.6 is 12.4 Å².